The number of pyridine rings is 1. The Bertz CT molecular complexity index is 394. The quantitative estimate of drug-likeness (QED) is 0.852. The Hall–Kier alpha value is -0.890. The molecule has 1 aliphatic rings. The Morgan fingerprint density at radius 3 is 2.65 bits per heavy atom. The third-order valence-electron chi connectivity index (χ3n) is 4.28. The first-order valence-electron chi connectivity index (χ1n) is 8.28. The largest absolute Gasteiger partial charge is 0.317 e. The molecule has 1 saturated heterocycles. The molecule has 2 heteroatoms. The molecule has 1 fully saturated rings. The molecule has 0 radical (unpaired) electrons. The molecule has 0 aromatic carbocycles. The van der Waals surface area contributed by atoms with Gasteiger partial charge in [0, 0.05) is 11.9 Å². The fourth-order valence-electron chi connectivity index (χ4n) is 3.36. The number of rotatable bonds is 6. The maximum atomic E-state index is 4.57. The number of hydrogen-bond donors (Lipinski definition) is 1. The minimum atomic E-state index is 0.720. The number of nitrogens with zero attached hydrogens (tertiary/aromatic N) is 1. The van der Waals surface area contributed by atoms with Gasteiger partial charge in [-0.2, -0.15) is 0 Å². The van der Waals surface area contributed by atoms with Gasteiger partial charge in [-0.25, -0.2) is 0 Å². The van der Waals surface area contributed by atoms with Gasteiger partial charge in [0.05, 0.1) is 0 Å². The van der Waals surface area contributed by atoms with Crippen molar-refractivity contribution >= 4 is 0 Å². The average Bonchev–Trinajstić information content (AvgIpc) is 2.39. The molecule has 1 N–H and O–H groups in total. The summed E-state index contributed by atoms with van der Waals surface area (Å²) in [7, 11) is 0. The number of nitrogens with one attached hydrogen (secondary N) is 1. The third kappa shape index (κ3) is 5.24. The lowest BCUT2D eigenvalue weighted by Crippen LogP contribution is -2.28. The van der Waals surface area contributed by atoms with E-state index in [0.29, 0.717) is 0 Å². The van der Waals surface area contributed by atoms with E-state index in [-0.39, 0.29) is 0 Å². The molecule has 2 nitrogen and oxygen atoms in total. The van der Waals surface area contributed by atoms with Crippen molar-refractivity contribution in [1.29, 1.82) is 0 Å². The van der Waals surface area contributed by atoms with Gasteiger partial charge in [0.2, 0.25) is 0 Å². The van der Waals surface area contributed by atoms with Gasteiger partial charge in [-0.3, -0.25) is 4.98 Å². The number of piperidine rings is 1. The highest BCUT2D eigenvalue weighted by Crippen LogP contribution is 2.23. The molecule has 1 aliphatic heterocycles. The molecule has 0 bridgehead atoms. The minimum absolute atomic E-state index is 0.720. The summed E-state index contributed by atoms with van der Waals surface area (Å²) in [6.45, 7) is 9.36. The predicted octanol–water partition coefficient (Wildman–Crippen LogP) is 3.85. The zero-order valence-electron chi connectivity index (χ0n) is 13.4. The van der Waals surface area contributed by atoms with E-state index >= 15 is 0 Å². The zero-order chi connectivity index (χ0) is 14.4. The standard InChI is InChI=1S/C18H30N2/c1-14(2)10-17-6-9-20-18(13-17)12-15(3)11-16-4-7-19-8-5-16/h6,9,13-16,19H,4-5,7-8,10-12H2,1-3H3. The summed E-state index contributed by atoms with van der Waals surface area (Å²) in [5, 5.41) is 3.45. The molecule has 2 heterocycles. The summed E-state index contributed by atoms with van der Waals surface area (Å²) < 4.78 is 0. The zero-order valence-corrected chi connectivity index (χ0v) is 13.4. The monoisotopic (exact) mass is 274 g/mol. The second-order valence-corrected chi connectivity index (χ2v) is 6.99. The molecule has 20 heavy (non-hydrogen) atoms. The van der Waals surface area contributed by atoms with Crippen LogP contribution in [-0.4, -0.2) is 18.1 Å². The van der Waals surface area contributed by atoms with Gasteiger partial charge in [-0.15, -0.1) is 0 Å². The van der Waals surface area contributed by atoms with Crippen LogP contribution in [0.25, 0.3) is 0 Å². The minimum Gasteiger partial charge on any atom is -0.317 e. The maximum Gasteiger partial charge on any atom is 0.0409 e. The normalized spacial score (nSPS) is 18.4. The summed E-state index contributed by atoms with van der Waals surface area (Å²) in [6, 6.07) is 4.49. The van der Waals surface area contributed by atoms with Crippen LogP contribution < -0.4 is 5.32 Å². The maximum absolute atomic E-state index is 4.57. The van der Waals surface area contributed by atoms with E-state index in [4.69, 9.17) is 0 Å². The van der Waals surface area contributed by atoms with Crippen LogP contribution in [0.3, 0.4) is 0 Å². The van der Waals surface area contributed by atoms with Crippen molar-refractivity contribution in [2.45, 2.75) is 52.9 Å². The lowest BCUT2D eigenvalue weighted by molar-refractivity contribution is 0.306. The van der Waals surface area contributed by atoms with Crippen molar-refractivity contribution in [3.05, 3.63) is 29.6 Å². The molecule has 0 amide bonds. The summed E-state index contributed by atoms with van der Waals surface area (Å²) in [6.07, 6.45) is 8.35. The fourth-order valence-corrected chi connectivity index (χ4v) is 3.36. The molecule has 0 aliphatic carbocycles. The lowest BCUT2D eigenvalue weighted by atomic mass is 9.86. The van der Waals surface area contributed by atoms with Gasteiger partial charge in [0.25, 0.3) is 0 Å². The van der Waals surface area contributed by atoms with Crippen molar-refractivity contribution in [3.63, 3.8) is 0 Å². The molecule has 112 valence electrons. The van der Waals surface area contributed by atoms with Crippen LogP contribution in [-0.2, 0) is 12.8 Å². The summed E-state index contributed by atoms with van der Waals surface area (Å²) in [4.78, 5) is 4.57. The molecule has 1 aromatic heterocycles. The van der Waals surface area contributed by atoms with Crippen molar-refractivity contribution in [2.24, 2.45) is 17.8 Å². The third-order valence-corrected chi connectivity index (χ3v) is 4.28. The van der Waals surface area contributed by atoms with Crippen LogP contribution in [0.4, 0.5) is 0 Å². The first-order valence-corrected chi connectivity index (χ1v) is 8.28. The van der Waals surface area contributed by atoms with E-state index in [1.54, 1.807) is 0 Å². The van der Waals surface area contributed by atoms with Crippen molar-refractivity contribution in [2.75, 3.05) is 13.1 Å². The van der Waals surface area contributed by atoms with Crippen LogP contribution in [0, 0.1) is 17.8 Å². The van der Waals surface area contributed by atoms with Crippen molar-refractivity contribution in [3.8, 4) is 0 Å². The Balaban J connectivity index is 1.85. The van der Waals surface area contributed by atoms with E-state index in [1.807, 2.05) is 6.20 Å². The van der Waals surface area contributed by atoms with Crippen LogP contribution in [0.5, 0.6) is 0 Å². The van der Waals surface area contributed by atoms with E-state index in [1.165, 1.54) is 43.6 Å². The fraction of sp³-hybridized carbons (Fsp3) is 0.722. The molecule has 1 unspecified atom stereocenters. The molecule has 1 atom stereocenters. The van der Waals surface area contributed by atoms with Crippen LogP contribution in [0.15, 0.2) is 18.3 Å². The molecular weight excluding hydrogens is 244 g/mol. The second kappa shape index (κ2) is 7.78. The SMILES string of the molecule is CC(C)Cc1ccnc(CC(C)CC2CCNCC2)c1. The molecular formula is C18H30N2. The van der Waals surface area contributed by atoms with Crippen LogP contribution >= 0.6 is 0 Å². The Labute approximate surface area is 124 Å². The molecule has 0 saturated carbocycles. The van der Waals surface area contributed by atoms with Gasteiger partial charge in [0.15, 0.2) is 0 Å². The number of hydrogen-bond acceptors (Lipinski definition) is 2. The Morgan fingerprint density at radius 1 is 1.20 bits per heavy atom. The van der Waals surface area contributed by atoms with Gasteiger partial charge < -0.3 is 5.32 Å². The van der Waals surface area contributed by atoms with Gasteiger partial charge in [-0.05, 0) is 80.6 Å². The average molecular weight is 274 g/mol. The van der Waals surface area contributed by atoms with Crippen LogP contribution in [0.2, 0.25) is 0 Å². The smallest absolute Gasteiger partial charge is 0.0409 e. The van der Waals surface area contributed by atoms with Crippen molar-refractivity contribution < 1.29 is 0 Å². The van der Waals surface area contributed by atoms with E-state index in [9.17, 15) is 0 Å². The highest BCUT2D eigenvalue weighted by Gasteiger charge is 2.16. The topological polar surface area (TPSA) is 24.9 Å². The Kier molecular flexibility index (Phi) is 6.03. The first-order chi connectivity index (χ1) is 9.63. The van der Waals surface area contributed by atoms with Crippen molar-refractivity contribution in [1.82, 2.24) is 10.3 Å². The predicted molar refractivity (Wildman–Crippen MR) is 85.9 cm³/mol. The second-order valence-electron chi connectivity index (χ2n) is 6.99. The highest BCUT2D eigenvalue weighted by molar-refractivity contribution is 5.17. The van der Waals surface area contributed by atoms with Gasteiger partial charge in [-0.1, -0.05) is 20.8 Å². The molecule has 0 spiro atoms. The van der Waals surface area contributed by atoms with E-state index < -0.39 is 0 Å². The lowest BCUT2D eigenvalue weighted by Gasteiger charge is -2.25. The van der Waals surface area contributed by atoms with Crippen LogP contribution in [0.1, 0.15) is 51.3 Å². The summed E-state index contributed by atoms with van der Waals surface area (Å²) in [5.41, 5.74) is 2.73. The van der Waals surface area contributed by atoms with E-state index in [0.717, 1.165) is 30.6 Å². The molecule has 1 aromatic rings. The summed E-state index contributed by atoms with van der Waals surface area (Å²) in [5.74, 6) is 2.39. The highest BCUT2D eigenvalue weighted by atomic mass is 14.9. The van der Waals surface area contributed by atoms with Gasteiger partial charge >= 0.3 is 0 Å². The first kappa shape index (κ1) is 15.5. The summed E-state index contributed by atoms with van der Waals surface area (Å²) >= 11 is 0. The van der Waals surface area contributed by atoms with E-state index in [2.05, 4.69) is 43.2 Å². The van der Waals surface area contributed by atoms with Gasteiger partial charge in [0.1, 0.15) is 0 Å². The molecule has 2 rings (SSSR count). The Morgan fingerprint density at radius 2 is 1.95 bits per heavy atom. The number of aromatic nitrogens is 1.